The van der Waals surface area contributed by atoms with Gasteiger partial charge in [0, 0.05) is 32.6 Å². The first-order valence-corrected chi connectivity index (χ1v) is 31.8. The molecule has 10 heteroatoms. The number of halogens is 2. The minimum atomic E-state index is -1.00. The van der Waals surface area contributed by atoms with Gasteiger partial charge in [0.05, 0.1) is 60.6 Å². The largest absolute Gasteiger partial charge is 1.00 e. The van der Waals surface area contributed by atoms with E-state index in [1.54, 1.807) is 20.8 Å². The van der Waals surface area contributed by atoms with Crippen molar-refractivity contribution in [3.8, 4) is 62.3 Å². The van der Waals surface area contributed by atoms with E-state index >= 15 is 0 Å². The Hall–Kier alpha value is -8.42. The van der Waals surface area contributed by atoms with Gasteiger partial charge in [-0.15, -0.1) is 5.60 Å². The zero-order valence-corrected chi connectivity index (χ0v) is 61.6. The van der Waals surface area contributed by atoms with Crippen LogP contribution in [0.5, 0.6) is 0 Å². The Labute approximate surface area is 611 Å². The second-order valence-electron chi connectivity index (χ2n) is 28.5. The third kappa shape index (κ3) is 17.0. The van der Waals surface area contributed by atoms with Crippen LogP contribution in [0.1, 0.15) is 139 Å². The van der Waals surface area contributed by atoms with Gasteiger partial charge in [-0.2, -0.15) is 10.5 Å². The Morgan fingerprint density at radius 3 is 1.03 bits per heavy atom. The van der Waals surface area contributed by atoms with E-state index in [1.165, 1.54) is 44.1 Å². The van der Waals surface area contributed by atoms with Crippen molar-refractivity contribution in [2.24, 2.45) is 0 Å². The Morgan fingerprint density at radius 2 is 0.726 bits per heavy atom. The van der Waals surface area contributed by atoms with E-state index in [0.29, 0.717) is 28.2 Å². The minimum Gasteiger partial charge on any atom is -0.850 e. The number of nitrogens with zero attached hydrogens (tertiary/aromatic N) is 5. The molecule has 12 rings (SSSR count). The van der Waals surface area contributed by atoms with Crippen LogP contribution in [0.3, 0.4) is 0 Å². The van der Waals surface area contributed by atoms with Gasteiger partial charge in [-0.05, 0) is 137 Å². The van der Waals surface area contributed by atoms with Gasteiger partial charge in [0.25, 0.3) is 0 Å². The third-order valence-electron chi connectivity index (χ3n) is 16.4. The molecule has 0 aliphatic carbocycles. The van der Waals surface area contributed by atoms with E-state index in [4.69, 9.17) is 26.1 Å². The molecule has 0 spiro atoms. The minimum absolute atomic E-state index is 0. The number of nitriles is 2. The first-order chi connectivity index (χ1) is 44.9. The quantitative estimate of drug-likeness (QED) is 0.137. The van der Waals surface area contributed by atoms with Gasteiger partial charge in [0.2, 0.25) is 11.4 Å². The molecule has 7 nitrogen and oxygen atoms in total. The summed E-state index contributed by atoms with van der Waals surface area (Å²) >= 11 is 6.38. The molecule has 0 saturated heterocycles. The van der Waals surface area contributed by atoms with Crippen molar-refractivity contribution in [2.45, 2.75) is 131 Å². The number of alkyl halides is 1. The summed E-state index contributed by atoms with van der Waals surface area (Å²) in [4.78, 5) is 11.2. The molecule has 0 amide bonds. The Kier molecular flexibility index (Phi) is 23.3. The summed E-state index contributed by atoms with van der Waals surface area (Å²) in [6.45, 7) is 47.8. The number of hydrogen-bond acceptors (Lipinski definition) is 3. The fraction of sp³-hybridized carbons (Fsp3) is 0.247. The van der Waals surface area contributed by atoms with Crippen LogP contribution in [0, 0.1) is 35.8 Å². The average molecular weight is 1300 g/mol. The molecule has 2 heterocycles. The van der Waals surface area contributed by atoms with Gasteiger partial charge < -0.3 is 14.7 Å². The molecule has 95 heavy (non-hydrogen) atoms. The number of nitrogens with one attached hydrogen (secondary N) is 1. The van der Waals surface area contributed by atoms with Crippen molar-refractivity contribution in [1.29, 1.82) is 10.5 Å². The molecule has 0 aliphatic rings. The summed E-state index contributed by atoms with van der Waals surface area (Å²) in [6, 6.07) is 74.7. The van der Waals surface area contributed by atoms with Gasteiger partial charge in [-0.1, -0.05) is 273 Å². The van der Waals surface area contributed by atoms with E-state index in [1.807, 2.05) is 133 Å². The Balaban J connectivity index is 0.000000207. The van der Waals surface area contributed by atoms with E-state index in [-0.39, 0.29) is 78.1 Å². The summed E-state index contributed by atoms with van der Waals surface area (Å²) < 4.78 is 17.7. The van der Waals surface area contributed by atoms with Crippen LogP contribution in [-0.4, -0.2) is 22.3 Å². The van der Waals surface area contributed by atoms with Crippen molar-refractivity contribution in [3.05, 3.63) is 267 Å². The second-order valence-corrected chi connectivity index (χ2v) is 28.9. The van der Waals surface area contributed by atoms with Crippen molar-refractivity contribution in [3.63, 3.8) is 0 Å². The van der Waals surface area contributed by atoms with E-state index in [9.17, 15) is 20.0 Å². The summed E-state index contributed by atoms with van der Waals surface area (Å²) in [5.74, 6) is 0. The maximum atomic E-state index is 10.8. The van der Waals surface area contributed by atoms with Crippen LogP contribution in [-0.2, 0) is 21.7 Å². The van der Waals surface area contributed by atoms with Crippen molar-refractivity contribution in [1.82, 2.24) is 9.55 Å². The number of H-pyrrole nitrogens is 1. The molecule has 0 bridgehead atoms. The van der Waals surface area contributed by atoms with E-state index in [0.717, 1.165) is 66.3 Å². The molecule has 0 saturated carbocycles. The first kappa shape index (κ1) is 72.4. The normalized spacial score (nSPS) is 11.5. The smallest absolute Gasteiger partial charge is 0.850 e. The number of benzene rings is 10. The van der Waals surface area contributed by atoms with Gasteiger partial charge >= 0.3 is 51.4 Å². The van der Waals surface area contributed by atoms with Crippen molar-refractivity contribution in [2.75, 3.05) is 7.15 Å². The number of hydrogen-bond donors (Lipinski definition) is 1. The molecule has 474 valence electrons. The molecular weight excluding hydrogens is 1210 g/mol. The van der Waals surface area contributed by atoms with Gasteiger partial charge in [-0.25, -0.2) is 9.69 Å². The number of aromatic nitrogens is 2. The maximum Gasteiger partial charge on any atom is 1.00 e. The molecule has 0 atom stereocenters. The Bertz CT molecular complexity index is 4600. The molecule has 0 aliphatic heterocycles. The summed E-state index contributed by atoms with van der Waals surface area (Å²) in [6.07, 6.45) is 0. The van der Waals surface area contributed by atoms with Gasteiger partial charge in [-0.3, -0.25) is 4.39 Å². The molecule has 0 fully saturated rings. The van der Waals surface area contributed by atoms with Crippen LogP contribution in [0.4, 0.5) is 15.8 Å². The maximum absolute atomic E-state index is 10.8. The second kappa shape index (κ2) is 30.5. The number of aromatic amines is 1. The summed E-state index contributed by atoms with van der Waals surface area (Å²) in [5, 5.41) is 35.6. The number of fused-ring (bicyclic) bond motifs is 6. The van der Waals surface area contributed by atoms with Crippen LogP contribution in [0.15, 0.2) is 206 Å². The molecule has 0 unspecified atom stereocenters. The van der Waals surface area contributed by atoms with E-state index in [2.05, 4.69) is 187 Å². The molecule has 10 aromatic carbocycles. The average Bonchev–Trinajstić information content (AvgIpc) is 1.52. The van der Waals surface area contributed by atoms with Crippen LogP contribution in [0.25, 0.3) is 103 Å². The van der Waals surface area contributed by atoms with E-state index < -0.39 is 12.8 Å². The van der Waals surface area contributed by atoms with Crippen LogP contribution >= 0.6 is 11.6 Å². The van der Waals surface area contributed by atoms with Gasteiger partial charge in [0.1, 0.15) is 6.07 Å². The van der Waals surface area contributed by atoms with Crippen LogP contribution < -0.4 is 56.5 Å². The standard InChI is InChI=1S/C40H35N3.C20H11ClN2.C20H25N.C4H9O.CH3F.K/c1-39(2,3)28-18-20-35-32(22-28)33-23-29(40(4,5)6)19-21-36(33)43(35)38-34(25-41)30(26-14-10-8-11-15-26)24-31(37(38)42-7)27-16-12-9-13-17-27;1-23-20-17(15-10-6-3-7-11-15)12-16(18(13-22)19(20)21)14-8-4-2-5-9-14;1-19(2,3)13-7-9-17-15(11-13)16-12-14(20(4,5)6)8-10-18(16)21-17;1-4(2,3)5;1-2;/h8-24H,1-6H3;2-12H;7-12,21H,1-6H3;1-3H3;1H3;/q;;;-1;;+1/i;;;;1D;. The molecule has 0 radical (unpaired) electrons. The third-order valence-corrected chi connectivity index (χ3v) is 16.7. The van der Waals surface area contributed by atoms with Gasteiger partial charge in [0.15, 0.2) is 0 Å². The Morgan fingerprint density at radius 1 is 0.442 bits per heavy atom. The topological polar surface area (TPSA) is 100 Å². The fourth-order valence-electron chi connectivity index (χ4n) is 11.4. The molecule has 1 N–H and O–H groups in total. The zero-order chi connectivity index (χ0) is 69.4. The van der Waals surface area contributed by atoms with Crippen molar-refractivity contribution < 1.29 is 62.3 Å². The predicted octanol–water partition coefficient (Wildman–Crippen LogP) is 20.9. The van der Waals surface area contributed by atoms with Crippen molar-refractivity contribution >= 4 is 66.6 Å². The predicted molar refractivity (Wildman–Crippen MR) is 393 cm³/mol. The SMILES string of the molecule is CC(C)(C)[O-].CC(C)(C)c1ccc2[nH]c3ccc(C(C)(C)C)cc3c2c1.[2H]CF.[C-]#[N+]c1c(-c2ccccc2)cc(-c2ccccc2)c(C#N)c1-n1c2ccc(C(C)(C)C)cc2c2cc(C(C)(C)C)ccc21.[C-]#[N+]c1c(-c2ccccc2)cc(-c2ccccc2)c(C#N)c1Cl.[K+]. The molecule has 2 aromatic heterocycles. The number of rotatable bonds is 5. The first-order valence-electron chi connectivity index (χ1n) is 32.1. The zero-order valence-electron chi connectivity index (χ0n) is 58.7. The molecule has 12 aromatic rings. The molecular formula is C85H83ClFKN6O. The summed E-state index contributed by atoms with van der Waals surface area (Å²) in [5.41, 5.74) is 18.3. The fourth-order valence-corrected chi connectivity index (χ4v) is 11.6. The monoisotopic (exact) mass is 1300 g/mol. The summed E-state index contributed by atoms with van der Waals surface area (Å²) in [7, 11) is -1.00. The van der Waals surface area contributed by atoms with Crippen LogP contribution in [0.2, 0.25) is 5.02 Å².